The Morgan fingerprint density at radius 3 is 2.15 bits per heavy atom. The van der Waals surface area contributed by atoms with Crippen LogP contribution in [0.3, 0.4) is 0 Å². The van der Waals surface area contributed by atoms with Crippen LogP contribution in [0.1, 0.15) is 12.5 Å². The molecule has 5 heteroatoms. The van der Waals surface area contributed by atoms with Crippen molar-refractivity contribution in [2.75, 3.05) is 0 Å². The predicted molar refractivity (Wildman–Crippen MR) is 104 cm³/mol. The highest BCUT2D eigenvalue weighted by molar-refractivity contribution is 6.30. The second-order valence-corrected chi connectivity index (χ2v) is 6.32. The van der Waals surface area contributed by atoms with Gasteiger partial charge < -0.3 is 14.2 Å². The highest BCUT2D eigenvalue weighted by Crippen LogP contribution is 2.19. The molecule has 27 heavy (non-hydrogen) atoms. The summed E-state index contributed by atoms with van der Waals surface area (Å²) in [5.74, 6) is 1.38. The fourth-order valence-electron chi connectivity index (χ4n) is 2.30. The van der Waals surface area contributed by atoms with Gasteiger partial charge in [0.2, 0.25) is 0 Å². The van der Waals surface area contributed by atoms with Gasteiger partial charge in [-0.05, 0) is 61.0 Å². The third-order valence-corrected chi connectivity index (χ3v) is 4.00. The monoisotopic (exact) mass is 382 g/mol. The summed E-state index contributed by atoms with van der Waals surface area (Å²) in [6, 6.07) is 23.5. The van der Waals surface area contributed by atoms with Crippen LogP contribution < -0.4 is 14.2 Å². The molecule has 0 heterocycles. The lowest BCUT2D eigenvalue weighted by atomic mass is 10.2. The molecule has 138 valence electrons. The number of rotatable bonds is 7. The number of ether oxygens (including phenoxy) is 3. The Morgan fingerprint density at radius 2 is 1.48 bits per heavy atom. The maximum atomic E-state index is 12.1. The van der Waals surface area contributed by atoms with E-state index in [1.54, 1.807) is 55.5 Å². The zero-order chi connectivity index (χ0) is 19.1. The molecule has 4 nitrogen and oxygen atoms in total. The SMILES string of the molecule is CC(Oc1ccc(COc2ccc(Cl)cc2)cc1)C(=O)Oc1ccccc1. The molecule has 0 fully saturated rings. The summed E-state index contributed by atoms with van der Waals surface area (Å²) >= 11 is 5.85. The van der Waals surface area contributed by atoms with Gasteiger partial charge in [-0.25, -0.2) is 4.79 Å². The first-order chi connectivity index (χ1) is 13.1. The van der Waals surface area contributed by atoms with E-state index < -0.39 is 12.1 Å². The molecule has 0 radical (unpaired) electrons. The Bertz CT molecular complexity index is 861. The summed E-state index contributed by atoms with van der Waals surface area (Å²) in [5, 5.41) is 0.670. The fourth-order valence-corrected chi connectivity index (χ4v) is 2.43. The first kappa shape index (κ1) is 18.8. The van der Waals surface area contributed by atoms with Crippen molar-refractivity contribution >= 4 is 17.6 Å². The fraction of sp³-hybridized carbons (Fsp3) is 0.136. The first-order valence-electron chi connectivity index (χ1n) is 8.51. The van der Waals surface area contributed by atoms with E-state index in [4.69, 9.17) is 25.8 Å². The van der Waals surface area contributed by atoms with Crippen molar-refractivity contribution in [2.45, 2.75) is 19.6 Å². The molecule has 0 bridgehead atoms. The smallest absolute Gasteiger partial charge is 0.352 e. The van der Waals surface area contributed by atoms with Crippen molar-refractivity contribution in [3.05, 3.63) is 89.4 Å². The van der Waals surface area contributed by atoms with Gasteiger partial charge in [0.1, 0.15) is 23.9 Å². The molecular weight excluding hydrogens is 364 g/mol. The third kappa shape index (κ3) is 5.76. The van der Waals surface area contributed by atoms with Crippen LogP contribution in [0.4, 0.5) is 0 Å². The molecule has 3 aromatic carbocycles. The van der Waals surface area contributed by atoms with Gasteiger partial charge in [0, 0.05) is 5.02 Å². The lowest BCUT2D eigenvalue weighted by Crippen LogP contribution is -2.28. The number of benzene rings is 3. The Balaban J connectivity index is 1.50. The maximum Gasteiger partial charge on any atom is 0.352 e. The molecule has 1 unspecified atom stereocenters. The number of hydrogen-bond acceptors (Lipinski definition) is 4. The molecule has 0 aliphatic rings. The second-order valence-electron chi connectivity index (χ2n) is 5.88. The van der Waals surface area contributed by atoms with Crippen molar-refractivity contribution < 1.29 is 19.0 Å². The van der Waals surface area contributed by atoms with Gasteiger partial charge in [0.05, 0.1) is 0 Å². The second kappa shape index (κ2) is 9.10. The van der Waals surface area contributed by atoms with Crippen LogP contribution in [-0.2, 0) is 11.4 Å². The molecule has 0 aliphatic heterocycles. The van der Waals surface area contributed by atoms with E-state index in [1.165, 1.54) is 0 Å². The number of carbonyl (C=O) groups is 1. The number of halogens is 1. The predicted octanol–water partition coefficient (Wildman–Crippen LogP) is 5.29. The van der Waals surface area contributed by atoms with Crippen LogP contribution in [0, 0.1) is 0 Å². The summed E-state index contributed by atoms with van der Waals surface area (Å²) in [6.07, 6.45) is -0.721. The zero-order valence-corrected chi connectivity index (χ0v) is 15.6. The summed E-state index contributed by atoms with van der Waals surface area (Å²) < 4.78 is 16.6. The van der Waals surface area contributed by atoms with E-state index in [-0.39, 0.29) is 0 Å². The molecule has 0 aromatic heterocycles. The molecule has 0 aliphatic carbocycles. The van der Waals surface area contributed by atoms with E-state index >= 15 is 0 Å². The van der Waals surface area contributed by atoms with E-state index in [0.29, 0.717) is 23.1 Å². The summed E-state index contributed by atoms with van der Waals surface area (Å²) in [7, 11) is 0. The number of esters is 1. The molecule has 0 N–H and O–H groups in total. The van der Waals surface area contributed by atoms with Gasteiger partial charge >= 0.3 is 5.97 Å². The van der Waals surface area contributed by atoms with Gasteiger partial charge in [-0.1, -0.05) is 41.9 Å². The van der Waals surface area contributed by atoms with Crippen molar-refractivity contribution in [1.82, 2.24) is 0 Å². The van der Waals surface area contributed by atoms with Gasteiger partial charge in [-0.2, -0.15) is 0 Å². The molecule has 0 saturated heterocycles. The van der Waals surface area contributed by atoms with Crippen molar-refractivity contribution in [3.8, 4) is 17.2 Å². The average molecular weight is 383 g/mol. The van der Waals surface area contributed by atoms with E-state index in [1.807, 2.05) is 30.3 Å². The Morgan fingerprint density at radius 1 is 0.852 bits per heavy atom. The average Bonchev–Trinajstić information content (AvgIpc) is 2.69. The molecule has 1 atom stereocenters. The standard InChI is InChI=1S/C22H19ClO4/c1-16(22(24)27-20-5-3-2-4-6-20)26-21-11-7-17(8-12-21)15-25-19-13-9-18(23)10-14-19/h2-14,16H,15H2,1H3. The number of hydrogen-bond donors (Lipinski definition) is 0. The number of carbonyl (C=O) groups excluding carboxylic acids is 1. The highest BCUT2D eigenvalue weighted by atomic mass is 35.5. The lowest BCUT2D eigenvalue weighted by Gasteiger charge is -2.14. The van der Waals surface area contributed by atoms with Crippen molar-refractivity contribution in [3.63, 3.8) is 0 Å². The molecule has 0 amide bonds. The van der Waals surface area contributed by atoms with E-state index in [9.17, 15) is 4.79 Å². The van der Waals surface area contributed by atoms with Crippen LogP contribution in [0.15, 0.2) is 78.9 Å². The minimum Gasteiger partial charge on any atom is -0.489 e. The minimum absolute atomic E-state index is 0.424. The number of para-hydroxylation sites is 1. The summed E-state index contributed by atoms with van der Waals surface area (Å²) in [4.78, 5) is 12.1. The van der Waals surface area contributed by atoms with E-state index in [0.717, 1.165) is 11.3 Å². The lowest BCUT2D eigenvalue weighted by molar-refractivity contribution is -0.141. The zero-order valence-electron chi connectivity index (χ0n) is 14.8. The normalized spacial score (nSPS) is 11.5. The quantitative estimate of drug-likeness (QED) is 0.411. The maximum absolute atomic E-state index is 12.1. The van der Waals surface area contributed by atoms with Crippen LogP contribution in [0.25, 0.3) is 0 Å². The van der Waals surface area contributed by atoms with Crippen molar-refractivity contribution in [2.24, 2.45) is 0 Å². The molecule has 0 spiro atoms. The van der Waals surface area contributed by atoms with Crippen LogP contribution in [0.2, 0.25) is 5.02 Å². The van der Waals surface area contributed by atoms with Crippen LogP contribution >= 0.6 is 11.6 Å². The molecule has 3 aromatic rings. The molecule has 0 saturated carbocycles. The van der Waals surface area contributed by atoms with Gasteiger partial charge in [0.25, 0.3) is 0 Å². The Kier molecular flexibility index (Phi) is 6.34. The van der Waals surface area contributed by atoms with E-state index in [2.05, 4.69) is 0 Å². The molecular formula is C22H19ClO4. The van der Waals surface area contributed by atoms with Crippen LogP contribution in [-0.4, -0.2) is 12.1 Å². The summed E-state index contributed by atoms with van der Waals surface area (Å²) in [6.45, 7) is 2.08. The van der Waals surface area contributed by atoms with Crippen LogP contribution in [0.5, 0.6) is 17.2 Å². The largest absolute Gasteiger partial charge is 0.489 e. The van der Waals surface area contributed by atoms with Gasteiger partial charge in [-0.3, -0.25) is 0 Å². The van der Waals surface area contributed by atoms with Gasteiger partial charge in [0.15, 0.2) is 6.10 Å². The Hall–Kier alpha value is -2.98. The third-order valence-electron chi connectivity index (χ3n) is 3.75. The molecule has 3 rings (SSSR count). The minimum atomic E-state index is -0.721. The van der Waals surface area contributed by atoms with Crippen molar-refractivity contribution in [1.29, 1.82) is 0 Å². The highest BCUT2D eigenvalue weighted by Gasteiger charge is 2.17. The van der Waals surface area contributed by atoms with Gasteiger partial charge in [-0.15, -0.1) is 0 Å². The Labute approximate surface area is 163 Å². The first-order valence-corrected chi connectivity index (χ1v) is 8.88. The summed E-state index contributed by atoms with van der Waals surface area (Å²) in [5.41, 5.74) is 0.983. The topological polar surface area (TPSA) is 44.8 Å².